The van der Waals surface area contributed by atoms with Crippen molar-refractivity contribution in [2.24, 2.45) is 0 Å². The molecule has 9 heteroatoms. The van der Waals surface area contributed by atoms with Gasteiger partial charge in [-0.15, -0.1) is 0 Å². The number of anilines is 1. The molecule has 0 saturated carbocycles. The van der Waals surface area contributed by atoms with Gasteiger partial charge >= 0.3 is 6.03 Å². The molecule has 31 heavy (non-hydrogen) atoms. The van der Waals surface area contributed by atoms with E-state index in [0.29, 0.717) is 17.1 Å². The summed E-state index contributed by atoms with van der Waals surface area (Å²) in [4.78, 5) is 39.0. The van der Waals surface area contributed by atoms with E-state index in [1.807, 2.05) is 24.3 Å². The number of barbiturate groups is 1. The number of hydrogen-bond acceptors (Lipinski definition) is 6. The zero-order valence-electron chi connectivity index (χ0n) is 16.0. The normalized spacial score (nSPS) is 16.7. The molecule has 2 aliphatic heterocycles. The van der Waals surface area contributed by atoms with Crippen LogP contribution in [-0.4, -0.2) is 29.2 Å². The summed E-state index contributed by atoms with van der Waals surface area (Å²) >= 11 is 0. The highest BCUT2D eigenvalue weighted by molar-refractivity contribution is 6.39. The summed E-state index contributed by atoms with van der Waals surface area (Å²) in [6.07, 6.45) is 3.13. The number of nitriles is 1. The molecule has 1 saturated heterocycles. The van der Waals surface area contributed by atoms with E-state index in [4.69, 9.17) is 14.7 Å². The van der Waals surface area contributed by atoms with Gasteiger partial charge in [0, 0.05) is 28.7 Å². The quantitative estimate of drug-likeness (QED) is 0.521. The van der Waals surface area contributed by atoms with Crippen molar-refractivity contribution in [2.75, 3.05) is 11.7 Å². The molecule has 0 unspecified atom stereocenters. The average molecular weight is 414 g/mol. The third-order valence-electron chi connectivity index (χ3n) is 5.08. The zero-order chi connectivity index (χ0) is 21.5. The Hall–Kier alpha value is -4.58. The molecule has 3 aromatic rings. The predicted octanol–water partition coefficient (Wildman–Crippen LogP) is 2.56. The lowest BCUT2D eigenvalue weighted by Gasteiger charge is -2.26. The second-order valence-electron chi connectivity index (χ2n) is 6.88. The number of rotatable bonds is 3. The van der Waals surface area contributed by atoms with Crippen molar-refractivity contribution in [2.45, 2.75) is 6.54 Å². The van der Waals surface area contributed by atoms with Gasteiger partial charge in [0.1, 0.15) is 12.1 Å². The number of benzene rings is 2. The van der Waals surface area contributed by atoms with Gasteiger partial charge in [-0.1, -0.05) is 18.2 Å². The van der Waals surface area contributed by atoms with Crippen molar-refractivity contribution in [3.05, 3.63) is 59.8 Å². The minimum atomic E-state index is -0.849. The number of fused-ring (bicyclic) bond motifs is 2. The predicted molar refractivity (Wildman–Crippen MR) is 109 cm³/mol. The molecule has 152 valence electrons. The second kappa shape index (κ2) is 7.03. The number of para-hydroxylation sites is 1. The summed E-state index contributed by atoms with van der Waals surface area (Å²) in [7, 11) is 0. The van der Waals surface area contributed by atoms with E-state index >= 15 is 0 Å². The molecule has 0 atom stereocenters. The van der Waals surface area contributed by atoms with Crippen LogP contribution in [-0.2, 0) is 16.1 Å². The van der Waals surface area contributed by atoms with Crippen molar-refractivity contribution in [3.63, 3.8) is 0 Å². The fourth-order valence-corrected chi connectivity index (χ4v) is 3.67. The Morgan fingerprint density at radius 2 is 1.90 bits per heavy atom. The number of ether oxygens (including phenoxy) is 2. The summed E-state index contributed by atoms with van der Waals surface area (Å²) in [6.45, 7) is 0.168. The topological polar surface area (TPSA) is 114 Å². The highest BCUT2D eigenvalue weighted by Gasteiger charge is 2.37. The van der Waals surface area contributed by atoms with Gasteiger partial charge in [-0.05, 0) is 24.3 Å². The van der Waals surface area contributed by atoms with Gasteiger partial charge in [-0.25, -0.2) is 9.69 Å². The SMILES string of the molecule is N#CCn1cc(/C=C2\C(=O)NC(=O)N(c3ccc4c(c3)OCO4)C2=O)c2ccccc21. The van der Waals surface area contributed by atoms with Crippen LogP contribution >= 0.6 is 0 Å². The summed E-state index contributed by atoms with van der Waals surface area (Å²) in [6, 6.07) is 13.2. The lowest BCUT2D eigenvalue weighted by atomic mass is 10.1. The Balaban J connectivity index is 1.58. The van der Waals surface area contributed by atoms with Crippen LogP contribution in [0, 0.1) is 11.3 Å². The summed E-state index contributed by atoms with van der Waals surface area (Å²) in [5, 5.41) is 12.1. The molecular formula is C22H14N4O5. The largest absolute Gasteiger partial charge is 0.454 e. The highest BCUT2D eigenvalue weighted by Crippen LogP contribution is 2.36. The number of nitrogens with zero attached hydrogens (tertiary/aromatic N) is 3. The highest BCUT2D eigenvalue weighted by atomic mass is 16.7. The minimum absolute atomic E-state index is 0.0509. The van der Waals surface area contributed by atoms with E-state index in [1.165, 1.54) is 18.2 Å². The van der Waals surface area contributed by atoms with Crippen molar-refractivity contribution >= 4 is 40.5 Å². The van der Waals surface area contributed by atoms with Gasteiger partial charge in [-0.3, -0.25) is 14.9 Å². The van der Waals surface area contributed by atoms with E-state index in [1.54, 1.807) is 16.8 Å². The number of carbonyl (C=O) groups excluding carboxylic acids is 3. The molecule has 1 fully saturated rings. The maximum atomic E-state index is 13.2. The molecule has 0 bridgehead atoms. The molecule has 5 rings (SSSR count). The molecule has 9 nitrogen and oxygen atoms in total. The van der Waals surface area contributed by atoms with E-state index < -0.39 is 17.8 Å². The van der Waals surface area contributed by atoms with Gasteiger partial charge in [0.15, 0.2) is 11.5 Å². The molecule has 1 aromatic heterocycles. The van der Waals surface area contributed by atoms with E-state index in [-0.39, 0.29) is 24.6 Å². The molecule has 0 aliphatic carbocycles. The van der Waals surface area contributed by atoms with Crippen LogP contribution in [0.1, 0.15) is 5.56 Å². The van der Waals surface area contributed by atoms with Crippen LogP contribution in [0.25, 0.3) is 17.0 Å². The Morgan fingerprint density at radius 1 is 1.10 bits per heavy atom. The van der Waals surface area contributed by atoms with Gasteiger partial charge in [0.2, 0.25) is 6.79 Å². The molecule has 4 amide bonds. The van der Waals surface area contributed by atoms with Crippen molar-refractivity contribution < 1.29 is 23.9 Å². The van der Waals surface area contributed by atoms with Crippen molar-refractivity contribution in [3.8, 4) is 17.6 Å². The number of imide groups is 2. The van der Waals surface area contributed by atoms with Crippen LogP contribution < -0.4 is 19.7 Å². The van der Waals surface area contributed by atoms with Crippen molar-refractivity contribution in [1.29, 1.82) is 5.26 Å². The van der Waals surface area contributed by atoms with Crippen LogP contribution in [0.2, 0.25) is 0 Å². The molecular weight excluding hydrogens is 400 g/mol. The third-order valence-corrected chi connectivity index (χ3v) is 5.08. The Morgan fingerprint density at radius 3 is 2.74 bits per heavy atom. The minimum Gasteiger partial charge on any atom is -0.454 e. The first-order valence-corrected chi connectivity index (χ1v) is 9.33. The summed E-state index contributed by atoms with van der Waals surface area (Å²) < 4.78 is 12.3. The number of carbonyl (C=O) groups is 3. The van der Waals surface area contributed by atoms with Crippen LogP contribution in [0.5, 0.6) is 11.5 Å². The Labute approximate surface area is 175 Å². The fraction of sp³-hybridized carbons (Fsp3) is 0.0909. The average Bonchev–Trinajstić information content (AvgIpc) is 3.36. The maximum Gasteiger partial charge on any atom is 0.335 e. The number of urea groups is 1. The van der Waals surface area contributed by atoms with Crippen molar-refractivity contribution in [1.82, 2.24) is 9.88 Å². The molecule has 2 aliphatic rings. The Bertz CT molecular complexity index is 1350. The lowest BCUT2D eigenvalue weighted by Crippen LogP contribution is -2.54. The lowest BCUT2D eigenvalue weighted by molar-refractivity contribution is -0.122. The molecule has 1 N–H and O–H groups in total. The number of amides is 4. The molecule has 3 heterocycles. The van der Waals surface area contributed by atoms with Crippen LogP contribution in [0.4, 0.5) is 10.5 Å². The summed E-state index contributed by atoms with van der Waals surface area (Å²) in [5.74, 6) is -0.639. The monoisotopic (exact) mass is 414 g/mol. The first-order chi connectivity index (χ1) is 15.1. The number of nitrogens with one attached hydrogen (secondary N) is 1. The number of aromatic nitrogens is 1. The first-order valence-electron chi connectivity index (χ1n) is 9.33. The van der Waals surface area contributed by atoms with E-state index in [0.717, 1.165) is 15.8 Å². The first kappa shape index (κ1) is 18.4. The van der Waals surface area contributed by atoms with Gasteiger partial charge in [0.05, 0.1) is 11.8 Å². The van der Waals surface area contributed by atoms with Crippen LogP contribution in [0.15, 0.2) is 54.2 Å². The smallest absolute Gasteiger partial charge is 0.335 e. The van der Waals surface area contributed by atoms with Gasteiger partial charge in [-0.2, -0.15) is 5.26 Å². The standard InChI is InChI=1S/C22H14N4O5/c23-7-8-25-11-13(15-3-1-2-4-17(15)25)9-16-20(27)24-22(29)26(21(16)28)14-5-6-18-19(10-14)31-12-30-18/h1-6,9-11H,8,12H2,(H,24,27,29)/b16-9+. The Kier molecular flexibility index (Phi) is 4.19. The molecule has 0 spiro atoms. The summed E-state index contributed by atoms with van der Waals surface area (Å²) in [5.41, 5.74) is 1.43. The van der Waals surface area contributed by atoms with Gasteiger partial charge < -0.3 is 14.0 Å². The second-order valence-corrected chi connectivity index (χ2v) is 6.88. The fourth-order valence-electron chi connectivity index (χ4n) is 3.67. The third kappa shape index (κ3) is 2.98. The number of hydrogen-bond donors (Lipinski definition) is 1. The van der Waals surface area contributed by atoms with Gasteiger partial charge in [0.25, 0.3) is 11.8 Å². The zero-order valence-corrected chi connectivity index (χ0v) is 16.0. The molecule has 2 aromatic carbocycles. The van der Waals surface area contributed by atoms with E-state index in [2.05, 4.69) is 11.4 Å². The molecule has 0 radical (unpaired) electrons. The van der Waals surface area contributed by atoms with E-state index in [9.17, 15) is 14.4 Å². The maximum absolute atomic E-state index is 13.2. The van der Waals surface area contributed by atoms with Crippen LogP contribution in [0.3, 0.4) is 0 Å².